The van der Waals surface area contributed by atoms with E-state index in [1.54, 1.807) is 18.2 Å². The highest BCUT2D eigenvalue weighted by molar-refractivity contribution is 6.06. The van der Waals surface area contributed by atoms with Crippen LogP contribution in [-0.2, 0) is 17.8 Å². The maximum atomic E-state index is 14.5. The second-order valence-corrected chi connectivity index (χ2v) is 8.44. The molecule has 4 nitrogen and oxygen atoms in total. The van der Waals surface area contributed by atoms with Crippen LogP contribution in [0.2, 0.25) is 0 Å². The first-order chi connectivity index (χ1) is 15.9. The molecule has 0 aromatic heterocycles. The molecule has 0 atom stereocenters. The number of nitrogens with zero attached hydrogens (tertiary/aromatic N) is 2. The number of carbonyl (C=O) groups excluding carboxylic acids is 2. The third-order valence-electron chi connectivity index (χ3n) is 5.90. The molecule has 0 N–H and O–H groups in total. The summed E-state index contributed by atoms with van der Waals surface area (Å²) in [5, 5.41) is 0. The number of anilines is 1. The Morgan fingerprint density at radius 2 is 1.64 bits per heavy atom. The molecular weight excluding hydrogens is 422 g/mol. The SMILES string of the molecule is Cc1ccc(CN(C(=O)c2ccc(F)cc2F)c2cccc(CC(=O)N3CCCC3)c2)cc1. The Morgan fingerprint density at radius 3 is 2.33 bits per heavy atom. The summed E-state index contributed by atoms with van der Waals surface area (Å²) < 4.78 is 27.9. The van der Waals surface area contributed by atoms with Crippen molar-refractivity contribution in [2.24, 2.45) is 0 Å². The first-order valence-electron chi connectivity index (χ1n) is 11.1. The van der Waals surface area contributed by atoms with E-state index < -0.39 is 17.5 Å². The average molecular weight is 449 g/mol. The van der Waals surface area contributed by atoms with Crippen LogP contribution < -0.4 is 4.90 Å². The van der Waals surface area contributed by atoms with Crippen molar-refractivity contribution in [3.05, 3.63) is 101 Å². The summed E-state index contributed by atoms with van der Waals surface area (Å²) in [5.41, 5.74) is 3.09. The molecular formula is C27H26F2N2O2. The summed E-state index contributed by atoms with van der Waals surface area (Å²) in [6, 6.07) is 17.9. The molecule has 1 saturated heterocycles. The minimum absolute atomic E-state index is 0.0608. The predicted octanol–water partition coefficient (Wildman–Crippen LogP) is 5.29. The number of likely N-dealkylation sites (tertiary alicyclic amines) is 1. The van der Waals surface area contributed by atoms with Gasteiger partial charge >= 0.3 is 0 Å². The molecule has 1 aliphatic rings. The Kier molecular flexibility index (Phi) is 6.82. The molecule has 4 rings (SSSR count). The number of halogens is 2. The topological polar surface area (TPSA) is 40.6 Å². The maximum Gasteiger partial charge on any atom is 0.261 e. The summed E-state index contributed by atoms with van der Waals surface area (Å²) in [6.45, 7) is 3.74. The Morgan fingerprint density at radius 1 is 0.909 bits per heavy atom. The van der Waals surface area contributed by atoms with Crippen LogP contribution in [0.25, 0.3) is 0 Å². The lowest BCUT2D eigenvalue weighted by Gasteiger charge is -2.24. The quantitative estimate of drug-likeness (QED) is 0.515. The second-order valence-electron chi connectivity index (χ2n) is 8.44. The Labute approximate surface area is 192 Å². The van der Waals surface area contributed by atoms with Gasteiger partial charge in [0.15, 0.2) is 0 Å². The lowest BCUT2D eigenvalue weighted by Crippen LogP contribution is -2.31. The van der Waals surface area contributed by atoms with Crippen molar-refractivity contribution in [3.63, 3.8) is 0 Å². The molecule has 33 heavy (non-hydrogen) atoms. The average Bonchev–Trinajstić information content (AvgIpc) is 3.34. The lowest BCUT2D eigenvalue weighted by molar-refractivity contribution is -0.129. The first kappa shape index (κ1) is 22.6. The van der Waals surface area contributed by atoms with E-state index in [-0.39, 0.29) is 24.4 Å². The fourth-order valence-electron chi connectivity index (χ4n) is 4.05. The molecule has 1 heterocycles. The molecule has 6 heteroatoms. The third kappa shape index (κ3) is 5.45. The van der Waals surface area contributed by atoms with Gasteiger partial charge in [-0.2, -0.15) is 0 Å². The molecule has 0 radical (unpaired) electrons. The lowest BCUT2D eigenvalue weighted by atomic mass is 10.1. The summed E-state index contributed by atoms with van der Waals surface area (Å²) in [4.78, 5) is 29.3. The molecule has 0 spiro atoms. The van der Waals surface area contributed by atoms with E-state index in [2.05, 4.69) is 0 Å². The van der Waals surface area contributed by atoms with Gasteiger partial charge in [0.1, 0.15) is 11.6 Å². The highest BCUT2D eigenvalue weighted by Gasteiger charge is 2.23. The molecule has 3 aromatic carbocycles. The first-order valence-corrected chi connectivity index (χ1v) is 11.1. The van der Waals surface area contributed by atoms with E-state index in [1.807, 2.05) is 42.2 Å². The minimum Gasteiger partial charge on any atom is -0.342 e. The Balaban J connectivity index is 1.65. The van der Waals surface area contributed by atoms with Crippen LogP contribution in [0.15, 0.2) is 66.7 Å². The van der Waals surface area contributed by atoms with Crippen molar-refractivity contribution in [2.75, 3.05) is 18.0 Å². The monoisotopic (exact) mass is 448 g/mol. The Hall–Kier alpha value is -3.54. The van der Waals surface area contributed by atoms with Gasteiger partial charge in [-0.3, -0.25) is 9.59 Å². The van der Waals surface area contributed by atoms with Gasteiger partial charge in [0.05, 0.1) is 18.5 Å². The van der Waals surface area contributed by atoms with E-state index in [0.717, 1.165) is 54.8 Å². The van der Waals surface area contributed by atoms with Crippen molar-refractivity contribution >= 4 is 17.5 Å². The standard InChI is InChI=1S/C27H26F2N2O2/c1-19-7-9-20(10-8-19)18-31(27(33)24-12-11-22(28)17-25(24)29)23-6-4-5-21(15-23)16-26(32)30-13-2-3-14-30/h4-12,15,17H,2-3,13-14,16,18H2,1H3. The molecule has 0 aliphatic carbocycles. The summed E-state index contributed by atoms with van der Waals surface area (Å²) in [5.74, 6) is -2.16. The highest BCUT2D eigenvalue weighted by atomic mass is 19.1. The summed E-state index contributed by atoms with van der Waals surface area (Å²) in [6.07, 6.45) is 2.28. The van der Waals surface area contributed by atoms with E-state index in [9.17, 15) is 18.4 Å². The fraction of sp³-hybridized carbons (Fsp3) is 0.259. The fourth-order valence-corrected chi connectivity index (χ4v) is 4.05. The zero-order valence-corrected chi connectivity index (χ0v) is 18.6. The van der Waals surface area contributed by atoms with Crippen LogP contribution in [0.1, 0.15) is 39.9 Å². The third-order valence-corrected chi connectivity index (χ3v) is 5.90. The molecule has 0 saturated carbocycles. The van der Waals surface area contributed by atoms with Crippen LogP contribution in [-0.4, -0.2) is 29.8 Å². The number of benzene rings is 3. The van der Waals surface area contributed by atoms with Crippen LogP contribution in [0, 0.1) is 18.6 Å². The number of amides is 2. The molecule has 2 amide bonds. The maximum absolute atomic E-state index is 14.5. The van der Waals surface area contributed by atoms with E-state index in [4.69, 9.17) is 0 Å². The van der Waals surface area contributed by atoms with E-state index in [0.29, 0.717) is 11.8 Å². The van der Waals surface area contributed by atoms with Crippen LogP contribution in [0.3, 0.4) is 0 Å². The van der Waals surface area contributed by atoms with Crippen LogP contribution >= 0.6 is 0 Å². The zero-order valence-electron chi connectivity index (χ0n) is 18.6. The molecule has 1 fully saturated rings. The van der Waals surface area contributed by atoms with E-state index >= 15 is 0 Å². The van der Waals surface area contributed by atoms with Gasteiger partial charge in [0.2, 0.25) is 5.91 Å². The number of hydrogen-bond acceptors (Lipinski definition) is 2. The van der Waals surface area contributed by atoms with Gasteiger partial charge in [-0.1, -0.05) is 42.0 Å². The van der Waals surface area contributed by atoms with Crippen molar-refractivity contribution < 1.29 is 18.4 Å². The Bertz CT molecular complexity index is 1160. The van der Waals surface area contributed by atoms with Crippen molar-refractivity contribution in [3.8, 4) is 0 Å². The van der Waals surface area contributed by atoms with Crippen LogP contribution in [0.5, 0.6) is 0 Å². The van der Waals surface area contributed by atoms with E-state index in [1.165, 1.54) is 4.90 Å². The van der Waals surface area contributed by atoms with Gasteiger partial charge in [-0.25, -0.2) is 8.78 Å². The second kappa shape index (κ2) is 9.94. The van der Waals surface area contributed by atoms with Gasteiger partial charge in [-0.15, -0.1) is 0 Å². The predicted molar refractivity (Wildman–Crippen MR) is 124 cm³/mol. The zero-order chi connectivity index (χ0) is 23.4. The molecule has 0 unspecified atom stereocenters. The van der Waals surface area contributed by atoms with Gasteiger partial charge < -0.3 is 9.80 Å². The van der Waals surface area contributed by atoms with Gasteiger partial charge in [0.25, 0.3) is 5.91 Å². The van der Waals surface area contributed by atoms with Crippen molar-refractivity contribution in [2.45, 2.75) is 32.7 Å². The number of carbonyl (C=O) groups is 2. The van der Waals surface area contributed by atoms with Gasteiger partial charge in [-0.05, 0) is 55.2 Å². The number of rotatable bonds is 6. The number of hydrogen-bond donors (Lipinski definition) is 0. The van der Waals surface area contributed by atoms with Crippen molar-refractivity contribution in [1.82, 2.24) is 4.90 Å². The summed E-state index contributed by atoms with van der Waals surface area (Å²) >= 11 is 0. The molecule has 3 aromatic rings. The smallest absolute Gasteiger partial charge is 0.261 e. The van der Waals surface area contributed by atoms with Crippen LogP contribution in [0.4, 0.5) is 14.5 Å². The molecule has 1 aliphatic heterocycles. The molecule has 170 valence electrons. The van der Waals surface area contributed by atoms with Crippen molar-refractivity contribution in [1.29, 1.82) is 0 Å². The largest absolute Gasteiger partial charge is 0.342 e. The molecule has 0 bridgehead atoms. The van der Waals surface area contributed by atoms with Gasteiger partial charge in [0, 0.05) is 24.8 Å². The highest BCUT2D eigenvalue weighted by Crippen LogP contribution is 2.24. The normalized spacial score (nSPS) is 13.2. The minimum atomic E-state index is -0.908. The number of aryl methyl sites for hydroxylation is 1. The summed E-state index contributed by atoms with van der Waals surface area (Å²) in [7, 11) is 0.